The number of halogens is 2. The molecule has 1 atom stereocenters. The zero-order valence-corrected chi connectivity index (χ0v) is 13.3. The molecule has 0 aliphatic heterocycles. The van der Waals surface area contributed by atoms with Gasteiger partial charge in [-0.2, -0.15) is 0 Å². The molecular formula is C16H16BrClO. The number of methoxy groups -OCH3 is 1. The normalized spacial score (nSPS) is 12.2. The molecule has 0 saturated carbocycles. The Labute approximate surface area is 127 Å². The Bertz CT molecular complexity index is 551. The molecule has 2 aromatic rings. The lowest BCUT2D eigenvalue weighted by Crippen LogP contribution is -1.98. The molecular weight excluding hydrogens is 324 g/mol. The van der Waals surface area contributed by atoms with E-state index in [1.807, 2.05) is 18.2 Å². The highest BCUT2D eigenvalue weighted by molar-refractivity contribution is 9.10. The SMILES string of the molecule is CCc1ccc(C(Cl)c2cc(Br)ccc2OC)cc1. The summed E-state index contributed by atoms with van der Waals surface area (Å²) in [7, 11) is 1.66. The number of hydrogen-bond donors (Lipinski definition) is 0. The maximum absolute atomic E-state index is 6.58. The van der Waals surface area contributed by atoms with Gasteiger partial charge in [0, 0.05) is 10.0 Å². The first-order chi connectivity index (χ1) is 9.15. The minimum atomic E-state index is -0.210. The smallest absolute Gasteiger partial charge is 0.123 e. The summed E-state index contributed by atoms with van der Waals surface area (Å²) in [6.07, 6.45) is 1.04. The molecule has 0 N–H and O–H groups in total. The fraction of sp³-hybridized carbons (Fsp3) is 0.250. The second-order valence-corrected chi connectivity index (χ2v) is 5.70. The third-order valence-electron chi connectivity index (χ3n) is 3.15. The summed E-state index contributed by atoms with van der Waals surface area (Å²) < 4.78 is 6.38. The molecule has 19 heavy (non-hydrogen) atoms. The molecule has 1 nitrogen and oxygen atoms in total. The van der Waals surface area contributed by atoms with Crippen molar-refractivity contribution < 1.29 is 4.74 Å². The molecule has 0 saturated heterocycles. The quantitative estimate of drug-likeness (QED) is 0.682. The summed E-state index contributed by atoms with van der Waals surface area (Å²) in [5.74, 6) is 0.808. The molecule has 1 unspecified atom stereocenters. The topological polar surface area (TPSA) is 9.23 Å². The van der Waals surface area contributed by atoms with E-state index in [1.54, 1.807) is 7.11 Å². The standard InChI is InChI=1S/C16H16BrClO/c1-3-11-4-6-12(7-5-11)16(18)14-10-13(17)8-9-15(14)19-2/h4-10,16H,3H2,1-2H3. The van der Waals surface area contributed by atoms with E-state index in [2.05, 4.69) is 47.1 Å². The average molecular weight is 340 g/mol. The van der Waals surface area contributed by atoms with Crippen molar-refractivity contribution >= 4 is 27.5 Å². The number of ether oxygens (including phenoxy) is 1. The van der Waals surface area contributed by atoms with E-state index in [4.69, 9.17) is 16.3 Å². The van der Waals surface area contributed by atoms with Crippen molar-refractivity contribution in [1.82, 2.24) is 0 Å². The second kappa shape index (κ2) is 6.44. The van der Waals surface area contributed by atoms with Crippen LogP contribution in [0.25, 0.3) is 0 Å². The van der Waals surface area contributed by atoms with Crippen molar-refractivity contribution in [1.29, 1.82) is 0 Å². The van der Waals surface area contributed by atoms with Crippen molar-refractivity contribution in [2.75, 3.05) is 7.11 Å². The Balaban J connectivity index is 2.36. The highest BCUT2D eigenvalue weighted by atomic mass is 79.9. The first-order valence-corrected chi connectivity index (χ1v) is 7.45. The third-order valence-corrected chi connectivity index (χ3v) is 4.13. The first-order valence-electron chi connectivity index (χ1n) is 6.22. The molecule has 2 rings (SSSR count). The third kappa shape index (κ3) is 3.31. The summed E-state index contributed by atoms with van der Waals surface area (Å²) in [6, 6.07) is 14.3. The van der Waals surface area contributed by atoms with Gasteiger partial charge in [-0.15, -0.1) is 11.6 Å². The fourth-order valence-electron chi connectivity index (χ4n) is 2.01. The second-order valence-electron chi connectivity index (χ2n) is 4.34. The van der Waals surface area contributed by atoms with Gasteiger partial charge < -0.3 is 4.74 Å². The number of aryl methyl sites for hydroxylation is 1. The van der Waals surface area contributed by atoms with Crippen molar-refractivity contribution in [2.24, 2.45) is 0 Å². The van der Waals surface area contributed by atoms with Crippen LogP contribution in [0.3, 0.4) is 0 Å². The molecule has 3 heteroatoms. The number of hydrogen-bond acceptors (Lipinski definition) is 1. The maximum Gasteiger partial charge on any atom is 0.123 e. The zero-order valence-electron chi connectivity index (χ0n) is 11.0. The van der Waals surface area contributed by atoms with Crippen molar-refractivity contribution in [3.05, 3.63) is 63.6 Å². The summed E-state index contributed by atoms with van der Waals surface area (Å²) in [5.41, 5.74) is 3.37. The minimum absolute atomic E-state index is 0.210. The van der Waals surface area contributed by atoms with Crippen LogP contribution in [0.15, 0.2) is 46.9 Å². The van der Waals surface area contributed by atoms with E-state index in [9.17, 15) is 0 Å². The molecule has 0 heterocycles. The van der Waals surface area contributed by atoms with Gasteiger partial charge in [-0.05, 0) is 35.7 Å². The van der Waals surface area contributed by atoms with Crippen molar-refractivity contribution in [2.45, 2.75) is 18.7 Å². The summed E-state index contributed by atoms with van der Waals surface area (Å²) in [5, 5.41) is -0.210. The Morgan fingerprint density at radius 2 is 1.84 bits per heavy atom. The van der Waals surface area contributed by atoms with E-state index >= 15 is 0 Å². The number of rotatable bonds is 4. The van der Waals surface area contributed by atoms with Gasteiger partial charge in [0.15, 0.2) is 0 Å². The Kier molecular flexibility index (Phi) is 4.89. The van der Waals surface area contributed by atoms with E-state index in [0.717, 1.165) is 27.8 Å². The average Bonchev–Trinajstić information content (AvgIpc) is 2.46. The molecule has 0 aliphatic rings. The maximum atomic E-state index is 6.58. The molecule has 2 aromatic carbocycles. The van der Waals surface area contributed by atoms with Gasteiger partial charge in [0.1, 0.15) is 5.75 Å². The molecule has 0 bridgehead atoms. The van der Waals surface area contributed by atoms with Crippen LogP contribution in [-0.4, -0.2) is 7.11 Å². The van der Waals surface area contributed by atoms with E-state index in [0.29, 0.717) is 0 Å². The number of benzene rings is 2. The van der Waals surface area contributed by atoms with E-state index in [-0.39, 0.29) is 5.38 Å². The molecule has 0 aliphatic carbocycles. The van der Waals surface area contributed by atoms with Gasteiger partial charge in [0.25, 0.3) is 0 Å². The van der Waals surface area contributed by atoms with Gasteiger partial charge in [-0.1, -0.05) is 47.1 Å². The lowest BCUT2D eigenvalue weighted by Gasteiger charge is -2.15. The van der Waals surface area contributed by atoms with Gasteiger partial charge in [-0.3, -0.25) is 0 Å². The highest BCUT2D eigenvalue weighted by Gasteiger charge is 2.16. The highest BCUT2D eigenvalue weighted by Crippen LogP contribution is 2.36. The fourth-order valence-corrected chi connectivity index (χ4v) is 2.70. The summed E-state index contributed by atoms with van der Waals surface area (Å²) in [4.78, 5) is 0. The summed E-state index contributed by atoms with van der Waals surface area (Å²) >= 11 is 10.1. The first kappa shape index (κ1) is 14.4. The van der Waals surface area contributed by atoms with Gasteiger partial charge in [0.2, 0.25) is 0 Å². The van der Waals surface area contributed by atoms with Crippen molar-refractivity contribution in [3.63, 3.8) is 0 Å². The minimum Gasteiger partial charge on any atom is -0.496 e. The Morgan fingerprint density at radius 3 is 2.42 bits per heavy atom. The molecule has 0 fully saturated rings. The molecule has 0 aromatic heterocycles. The lowest BCUT2D eigenvalue weighted by atomic mass is 10.0. The summed E-state index contributed by atoms with van der Waals surface area (Å²) in [6.45, 7) is 2.14. The molecule has 0 radical (unpaired) electrons. The number of alkyl halides is 1. The van der Waals surface area contributed by atoms with Crippen LogP contribution >= 0.6 is 27.5 Å². The van der Waals surface area contributed by atoms with Gasteiger partial charge in [-0.25, -0.2) is 0 Å². The predicted octanol–water partition coefficient (Wildman–Crippen LogP) is 5.35. The van der Waals surface area contributed by atoms with Crippen LogP contribution in [0.2, 0.25) is 0 Å². The van der Waals surface area contributed by atoms with E-state index in [1.165, 1.54) is 5.56 Å². The van der Waals surface area contributed by atoms with Gasteiger partial charge >= 0.3 is 0 Å². The van der Waals surface area contributed by atoms with Crippen LogP contribution in [-0.2, 0) is 6.42 Å². The molecule has 0 spiro atoms. The Hall–Kier alpha value is -0.990. The van der Waals surface area contributed by atoms with Crippen molar-refractivity contribution in [3.8, 4) is 5.75 Å². The predicted molar refractivity (Wildman–Crippen MR) is 84.2 cm³/mol. The van der Waals surface area contributed by atoms with E-state index < -0.39 is 0 Å². The zero-order chi connectivity index (χ0) is 13.8. The largest absolute Gasteiger partial charge is 0.496 e. The Morgan fingerprint density at radius 1 is 1.16 bits per heavy atom. The van der Waals surface area contributed by atoms with Crippen LogP contribution in [0.5, 0.6) is 5.75 Å². The van der Waals surface area contributed by atoms with Crippen LogP contribution in [0.1, 0.15) is 29.0 Å². The lowest BCUT2D eigenvalue weighted by molar-refractivity contribution is 0.410. The molecule has 100 valence electrons. The van der Waals surface area contributed by atoms with Crippen LogP contribution in [0, 0.1) is 0 Å². The molecule has 0 amide bonds. The van der Waals surface area contributed by atoms with Crippen LogP contribution in [0.4, 0.5) is 0 Å². The van der Waals surface area contributed by atoms with Crippen LogP contribution < -0.4 is 4.74 Å². The monoisotopic (exact) mass is 338 g/mol. The van der Waals surface area contributed by atoms with Gasteiger partial charge in [0.05, 0.1) is 12.5 Å².